The van der Waals surface area contributed by atoms with Gasteiger partial charge in [-0.1, -0.05) is 0 Å². The maximum absolute atomic E-state index is 14.0. The first kappa shape index (κ1) is 18.9. The van der Waals surface area contributed by atoms with Gasteiger partial charge in [-0.25, -0.2) is 12.8 Å². The highest BCUT2D eigenvalue weighted by Crippen LogP contribution is 2.36. The number of nitrogen functional groups attached to an aromatic ring is 1. The molecular weight excluding hydrogens is 385 g/mol. The standard InChI is InChI=1S/C18H22FN5O3S/c1-10-7-11(19)8-14-12(3-5-21-16(10)14)18(25)24-17(20)13-4-6-23(28(2,26)27)9-15(13)22-24/h7-8,12,21H,3-6,9,20H2,1-2H3. The van der Waals surface area contributed by atoms with Gasteiger partial charge >= 0.3 is 0 Å². The first-order valence-corrected chi connectivity index (χ1v) is 10.9. The largest absolute Gasteiger partial charge is 0.385 e. The Balaban J connectivity index is 1.71. The summed E-state index contributed by atoms with van der Waals surface area (Å²) in [6, 6.07) is 2.81. The molecule has 1 aromatic heterocycles. The number of carbonyl (C=O) groups is 1. The summed E-state index contributed by atoms with van der Waals surface area (Å²) in [6.07, 6.45) is 2.04. The first-order chi connectivity index (χ1) is 13.2. The monoisotopic (exact) mass is 407 g/mol. The lowest BCUT2D eigenvalue weighted by Crippen LogP contribution is -2.35. The van der Waals surface area contributed by atoms with Crippen molar-refractivity contribution in [3.05, 3.63) is 40.3 Å². The Morgan fingerprint density at radius 1 is 1.39 bits per heavy atom. The molecule has 3 N–H and O–H groups in total. The van der Waals surface area contributed by atoms with Crippen LogP contribution in [-0.4, -0.2) is 47.8 Å². The Bertz CT molecular complexity index is 1080. The van der Waals surface area contributed by atoms with Crippen molar-refractivity contribution in [2.24, 2.45) is 0 Å². The van der Waals surface area contributed by atoms with Crippen LogP contribution in [0.2, 0.25) is 0 Å². The number of rotatable bonds is 2. The topological polar surface area (TPSA) is 110 Å². The number of nitrogens with zero attached hydrogens (tertiary/aromatic N) is 3. The van der Waals surface area contributed by atoms with E-state index in [4.69, 9.17) is 5.73 Å². The van der Waals surface area contributed by atoms with Crippen LogP contribution in [0.15, 0.2) is 12.1 Å². The second-order valence-corrected chi connectivity index (χ2v) is 9.34. The molecule has 8 nitrogen and oxygen atoms in total. The normalized spacial score (nSPS) is 19.6. The molecule has 0 radical (unpaired) electrons. The summed E-state index contributed by atoms with van der Waals surface area (Å²) in [5, 5.41) is 7.56. The Labute approximate surface area is 162 Å². The Kier molecular flexibility index (Phi) is 4.42. The highest BCUT2D eigenvalue weighted by atomic mass is 32.2. The quantitative estimate of drug-likeness (QED) is 0.780. The van der Waals surface area contributed by atoms with Crippen molar-refractivity contribution in [2.75, 3.05) is 30.4 Å². The number of benzene rings is 1. The Morgan fingerprint density at radius 2 is 2.14 bits per heavy atom. The Hall–Kier alpha value is -2.46. The third-order valence-electron chi connectivity index (χ3n) is 5.46. The first-order valence-electron chi connectivity index (χ1n) is 9.06. The van der Waals surface area contributed by atoms with Gasteiger partial charge in [-0.15, -0.1) is 0 Å². The van der Waals surface area contributed by atoms with Crippen molar-refractivity contribution in [1.29, 1.82) is 0 Å². The summed E-state index contributed by atoms with van der Waals surface area (Å²) >= 11 is 0. The molecule has 28 heavy (non-hydrogen) atoms. The summed E-state index contributed by atoms with van der Waals surface area (Å²) in [5.41, 5.74) is 9.49. The molecule has 1 aromatic carbocycles. The van der Waals surface area contributed by atoms with E-state index in [9.17, 15) is 17.6 Å². The van der Waals surface area contributed by atoms with E-state index in [2.05, 4.69) is 10.4 Å². The number of nitrogens with two attached hydrogens (primary N) is 1. The van der Waals surface area contributed by atoms with Crippen LogP contribution >= 0.6 is 0 Å². The SMILES string of the molecule is Cc1cc(F)cc2c1NCCC2C(=O)n1nc2c(c1N)CCN(S(C)(=O)=O)C2. The van der Waals surface area contributed by atoms with Gasteiger partial charge in [-0.05, 0) is 43.0 Å². The van der Waals surface area contributed by atoms with Gasteiger partial charge in [-0.2, -0.15) is 14.1 Å². The van der Waals surface area contributed by atoms with E-state index in [-0.39, 0.29) is 18.3 Å². The molecule has 0 bridgehead atoms. The fraction of sp³-hybridized carbons (Fsp3) is 0.444. The van der Waals surface area contributed by atoms with Crippen LogP contribution in [0.3, 0.4) is 0 Å². The third-order valence-corrected chi connectivity index (χ3v) is 6.71. The van der Waals surface area contributed by atoms with Gasteiger partial charge in [0.1, 0.15) is 11.6 Å². The number of sulfonamides is 1. The maximum Gasteiger partial charge on any atom is 0.256 e. The van der Waals surface area contributed by atoms with Gasteiger partial charge in [0.2, 0.25) is 10.0 Å². The smallest absolute Gasteiger partial charge is 0.256 e. The minimum Gasteiger partial charge on any atom is -0.385 e. The van der Waals surface area contributed by atoms with Crippen molar-refractivity contribution in [2.45, 2.75) is 32.2 Å². The summed E-state index contributed by atoms with van der Waals surface area (Å²) in [5.74, 6) is -1.05. The van der Waals surface area contributed by atoms with Crippen LogP contribution in [0.4, 0.5) is 15.9 Å². The number of fused-ring (bicyclic) bond motifs is 2. The van der Waals surface area contributed by atoms with Crippen molar-refractivity contribution < 1.29 is 17.6 Å². The highest BCUT2D eigenvalue weighted by molar-refractivity contribution is 7.88. The molecule has 10 heteroatoms. The second-order valence-electron chi connectivity index (χ2n) is 7.36. The average Bonchev–Trinajstić information content (AvgIpc) is 2.96. The molecule has 3 heterocycles. The molecule has 0 fully saturated rings. The van der Waals surface area contributed by atoms with Crippen LogP contribution in [-0.2, 0) is 23.0 Å². The van der Waals surface area contributed by atoms with Crippen molar-refractivity contribution in [1.82, 2.24) is 14.1 Å². The molecule has 2 aromatic rings. The maximum atomic E-state index is 14.0. The number of hydrogen-bond donors (Lipinski definition) is 2. The number of carbonyl (C=O) groups excluding carboxylic acids is 1. The van der Waals surface area contributed by atoms with E-state index >= 15 is 0 Å². The number of hydrogen-bond acceptors (Lipinski definition) is 6. The van der Waals surface area contributed by atoms with E-state index < -0.39 is 21.8 Å². The molecule has 0 aliphatic carbocycles. The molecule has 4 rings (SSSR count). The van der Waals surface area contributed by atoms with Crippen molar-refractivity contribution in [3.8, 4) is 0 Å². The molecule has 1 unspecified atom stereocenters. The van der Waals surface area contributed by atoms with Gasteiger partial charge in [-0.3, -0.25) is 4.79 Å². The van der Waals surface area contributed by atoms with E-state index in [0.29, 0.717) is 42.8 Å². The number of halogens is 1. The number of aryl methyl sites for hydroxylation is 1. The minimum absolute atomic E-state index is 0.0925. The number of aromatic nitrogens is 2. The zero-order valence-corrected chi connectivity index (χ0v) is 16.5. The van der Waals surface area contributed by atoms with E-state index in [0.717, 1.165) is 22.2 Å². The predicted octanol–water partition coefficient (Wildman–Crippen LogP) is 1.47. The van der Waals surface area contributed by atoms with Gasteiger partial charge in [0.25, 0.3) is 5.91 Å². The molecule has 2 aliphatic heterocycles. The molecule has 150 valence electrons. The van der Waals surface area contributed by atoms with Gasteiger partial charge in [0.15, 0.2) is 0 Å². The summed E-state index contributed by atoms with van der Waals surface area (Å²) in [4.78, 5) is 13.2. The van der Waals surface area contributed by atoms with Gasteiger partial charge in [0.05, 0.1) is 24.4 Å². The molecule has 2 aliphatic rings. The van der Waals surface area contributed by atoms with Crippen LogP contribution in [0.1, 0.15) is 39.5 Å². The zero-order valence-electron chi connectivity index (χ0n) is 15.7. The second kappa shape index (κ2) is 6.56. The summed E-state index contributed by atoms with van der Waals surface area (Å²) in [6.45, 7) is 2.77. The van der Waals surface area contributed by atoms with E-state index in [1.54, 1.807) is 6.92 Å². The minimum atomic E-state index is -3.35. The average molecular weight is 407 g/mol. The number of nitrogens with one attached hydrogen (secondary N) is 1. The molecular formula is C18H22FN5O3S. The van der Waals surface area contributed by atoms with Crippen LogP contribution < -0.4 is 11.1 Å². The third kappa shape index (κ3) is 3.06. The molecule has 0 amide bonds. The lowest BCUT2D eigenvalue weighted by atomic mass is 9.88. The highest BCUT2D eigenvalue weighted by Gasteiger charge is 2.34. The molecule has 0 spiro atoms. The predicted molar refractivity (Wildman–Crippen MR) is 103 cm³/mol. The van der Waals surface area contributed by atoms with E-state index in [1.807, 2.05) is 0 Å². The Morgan fingerprint density at radius 3 is 2.86 bits per heavy atom. The van der Waals surface area contributed by atoms with Crippen LogP contribution in [0.25, 0.3) is 0 Å². The van der Waals surface area contributed by atoms with Crippen molar-refractivity contribution in [3.63, 3.8) is 0 Å². The van der Waals surface area contributed by atoms with Crippen LogP contribution in [0, 0.1) is 12.7 Å². The lowest BCUT2D eigenvalue weighted by Gasteiger charge is -2.27. The zero-order chi connectivity index (χ0) is 20.2. The lowest BCUT2D eigenvalue weighted by molar-refractivity contribution is 0.0859. The van der Waals surface area contributed by atoms with Gasteiger partial charge in [0, 0.05) is 24.3 Å². The molecule has 0 saturated heterocycles. The number of anilines is 2. The van der Waals surface area contributed by atoms with Crippen molar-refractivity contribution >= 4 is 27.4 Å². The van der Waals surface area contributed by atoms with Gasteiger partial charge < -0.3 is 11.1 Å². The molecule has 1 atom stereocenters. The fourth-order valence-corrected chi connectivity index (χ4v) is 4.81. The van der Waals surface area contributed by atoms with Crippen LogP contribution in [0.5, 0.6) is 0 Å². The molecule has 0 saturated carbocycles. The fourth-order valence-electron chi connectivity index (χ4n) is 4.03. The van der Waals surface area contributed by atoms with E-state index in [1.165, 1.54) is 16.4 Å². The summed E-state index contributed by atoms with van der Waals surface area (Å²) in [7, 11) is -3.35. The summed E-state index contributed by atoms with van der Waals surface area (Å²) < 4.78 is 40.1.